The van der Waals surface area contributed by atoms with Gasteiger partial charge in [-0.1, -0.05) is 0 Å². The Labute approximate surface area is 167 Å². The van der Waals surface area contributed by atoms with Crippen LogP contribution in [0.5, 0.6) is 5.75 Å². The number of nitrogens with one attached hydrogen (secondary N) is 1. The molecule has 0 radical (unpaired) electrons. The van der Waals surface area contributed by atoms with Crippen molar-refractivity contribution in [3.8, 4) is 5.75 Å². The molecule has 0 saturated carbocycles. The van der Waals surface area contributed by atoms with Gasteiger partial charge in [0, 0.05) is 32.2 Å². The standard InChI is InChI=1S/C19H21F2N3O4S/c1-28-15-3-5-16(6-4-15)29(26,27)24-10-8-23(9-11-24)13-19(25)22-18-7-2-14(20)12-17(18)21/h2-7,12H,8-11,13H2,1H3,(H,22,25). The Hall–Kier alpha value is -2.56. The van der Waals surface area contributed by atoms with E-state index in [0.717, 1.165) is 12.1 Å². The lowest BCUT2D eigenvalue weighted by atomic mass is 10.3. The normalized spacial score (nSPS) is 15.8. The molecule has 0 aliphatic carbocycles. The zero-order valence-corrected chi connectivity index (χ0v) is 16.6. The van der Waals surface area contributed by atoms with Crippen LogP contribution in [0.3, 0.4) is 0 Å². The summed E-state index contributed by atoms with van der Waals surface area (Å²) in [5.41, 5.74) is -0.0999. The van der Waals surface area contributed by atoms with E-state index in [0.29, 0.717) is 24.9 Å². The quantitative estimate of drug-likeness (QED) is 0.765. The number of amides is 1. The molecule has 0 aromatic heterocycles. The molecule has 1 amide bonds. The van der Waals surface area contributed by atoms with Gasteiger partial charge in [-0.05, 0) is 36.4 Å². The van der Waals surface area contributed by atoms with Gasteiger partial charge in [0.15, 0.2) is 0 Å². The Bertz CT molecular complexity index is 975. The molecule has 1 aliphatic rings. The van der Waals surface area contributed by atoms with Crippen molar-refractivity contribution in [2.24, 2.45) is 0 Å². The summed E-state index contributed by atoms with van der Waals surface area (Å²) in [4.78, 5) is 14.1. The second-order valence-corrected chi connectivity index (χ2v) is 8.47. The molecule has 1 saturated heterocycles. The number of benzene rings is 2. The third-order valence-corrected chi connectivity index (χ3v) is 6.51. The molecule has 7 nitrogen and oxygen atoms in total. The predicted molar refractivity (Wildman–Crippen MR) is 103 cm³/mol. The van der Waals surface area contributed by atoms with E-state index in [1.807, 2.05) is 0 Å². The number of carbonyl (C=O) groups is 1. The molecule has 2 aromatic rings. The van der Waals surface area contributed by atoms with Gasteiger partial charge in [0.1, 0.15) is 17.4 Å². The molecule has 1 heterocycles. The van der Waals surface area contributed by atoms with E-state index < -0.39 is 27.6 Å². The number of piperazine rings is 1. The molecule has 0 spiro atoms. The van der Waals surface area contributed by atoms with Crippen LogP contribution < -0.4 is 10.1 Å². The van der Waals surface area contributed by atoms with Crippen LogP contribution >= 0.6 is 0 Å². The molecule has 0 unspecified atom stereocenters. The largest absolute Gasteiger partial charge is 0.497 e. The highest BCUT2D eigenvalue weighted by atomic mass is 32.2. The van der Waals surface area contributed by atoms with Crippen LogP contribution in [0.2, 0.25) is 0 Å². The maximum absolute atomic E-state index is 13.6. The second kappa shape index (κ2) is 8.85. The first-order valence-electron chi connectivity index (χ1n) is 8.91. The lowest BCUT2D eigenvalue weighted by Gasteiger charge is -2.33. The zero-order chi connectivity index (χ0) is 21.0. The minimum absolute atomic E-state index is 0.0206. The number of methoxy groups -OCH3 is 1. The Morgan fingerprint density at radius 3 is 2.31 bits per heavy atom. The van der Waals surface area contributed by atoms with E-state index in [9.17, 15) is 22.0 Å². The van der Waals surface area contributed by atoms with E-state index in [4.69, 9.17) is 4.74 Å². The first-order valence-corrected chi connectivity index (χ1v) is 10.3. The summed E-state index contributed by atoms with van der Waals surface area (Å²) in [7, 11) is -2.13. The topological polar surface area (TPSA) is 79.0 Å². The van der Waals surface area contributed by atoms with Gasteiger partial charge in [-0.25, -0.2) is 17.2 Å². The van der Waals surface area contributed by atoms with Gasteiger partial charge in [-0.3, -0.25) is 9.69 Å². The van der Waals surface area contributed by atoms with Gasteiger partial charge in [-0.15, -0.1) is 0 Å². The van der Waals surface area contributed by atoms with Crippen LogP contribution in [0.25, 0.3) is 0 Å². The monoisotopic (exact) mass is 425 g/mol. The molecule has 1 N–H and O–H groups in total. The van der Waals surface area contributed by atoms with Crippen LogP contribution in [0, 0.1) is 11.6 Å². The highest BCUT2D eigenvalue weighted by molar-refractivity contribution is 7.89. The molecular weight excluding hydrogens is 404 g/mol. The third-order valence-electron chi connectivity index (χ3n) is 4.60. The Morgan fingerprint density at radius 2 is 1.72 bits per heavy atom. The number of sulfonamides is 1. The van der Waals surface area contributed by atoms with Crippen molar-refractivity contribution in [2.75, 3.05) is 45.2 Å². The fourth-order valence-electron chi connectivity index (χ4n) is 3.01. The summed E-state index contributed by atoms with van der Waals surface area (Å²) in [6, 6.07) is 9.06. The summed E-state index contributed by atoms with van der Waals surface area (Å²) >= 11 is 0. The fourth-order valence-corrected chi connectivity index (χ4v) is 4.43. The average Bonchev–Trinajstić information content (AvgIpc) is 2.70. The summed E-state index contributed by atoms with van der Waals surface area (Å²) in [5.74, 6) is -1.47. The van der Waals surface area contributed by atoms with Crippen LogP contribution in [-0.2, 0) is 14.8 Å². The second-order valence-electron chi connectivity index (χ2n) is 6.53. The van der Waals surface area contributed by atoms with E-state index in [2.05, 4.69) is 5.32 Å². The molecule has 0 bridgehead atoms. The summed E-state index contributed by atoms with van der Waals surface area (Å²) < 4.78 is 58.4. The number of nitrogens with zero attached hydrogens (tertiary/aromatic N) is 2. The number of hydrogen-bond acceptors (Lipinski definition) is 5. The van der Waals surface area contributed by atoms with Gasteiger partial charge >= 0.3 is 0 Å². The number of hydrogen-bond donors (Lipinski definition) is 1. The van der Waals surface area contributed by atoms with E-state index in [1.165, 1.54) is 23.5 Å². The summed E-state index contributed by atoms with van der Waals surface area (Å²) in [6.45, 7) is 1.15. The number of ether oxygens (including phenoxy) is 1. The van der Waals surface area contributed by atoms with Gasteiger partial charge < -0.3 is 10.1 Å². The molecule has 3 rings (SSSR count). The Morgan fingerprint density at radius 1 is 1.07 bits per heavy atom. The van der Waals surface area contributed by atoms with Gasteiger partial charge in [0.05, 0.1) is 24.2 Å². The third kappa shape index (κ3) is 5.08. The summed E-state index contributed by atoms with van der Waals surface area (Å²) in [5, 5.41) is 2.40. The predicted octanol–water partition coefficient (Wildman–Crippen LogP) is 1.92. The van der Waals surface area contributed by atoms with Crippen molar-refractivity contribution in [3.05, 3.63) is 54.1 Å². The maximum atomic E-state index is 13.6. The first kappa shape index (κ1) is 21.2. The van der Waals surface area contributed by atoms with E-state index in [1.54, 1.807) is 17.0 Å². The molecule has 1 aliphatic heterocycles. The number of carbonyl (C=O) groups excluding carboxylic acids is 1. The number of rotatable bonds is 6. The molecule has 0 atom stereocenters. The zero-order valence-electron chi connectivity index (χ0n) is 15.8. The smallest absolute Gasteiger partial charge is 0.243 e. The van der Waals surface area contributed by atoms with Crippen LogP contribution in [-0.4, -0.2) is 63.4 Å². The minimum Gasteiger partial charge on any atom is -0.497 e. The van der Waals surface area contributed by atoms with Crippen LogP contribution in [0.1, 0.15) is 0 Å². The lowest BCUT2D eigenvalue weighted by Crippen LogP contribution is -2.50. The lowest BCUT2D eigenvalue weighted by molar-refractivity contribution is -0.117. The first-order chi connectivity index (χ1) is 13.8. The minimum atomic E-state index is -3.63. The Kier molecular flexibility index (Phi) is 6.46. The van der Waals surface area contributed by atoms with E-state index >= 15 is 0 Å². The van der Waals surface area contributed by atoms with Crippen molar-refractivity contribution >= 4 is 21.6 Å². The van der Waals surface area contributed by atoms with Crippen LogP contribution in [0.4, 0.5) is 14.5 Å². The van der Waals surface area contributed by atoms with Crippen LogP contribution in [0.15, 0.2) is 47.4 Å². The SMILES string of the molecule is COc1ccc(S(=O)(=O)N2CCN(CC(=O)Nc3ccc(F)cc3F)CC2)cc1. The highest BCUT2D eigenvalue weighted by Crippen LogP contribution is 2.21. The van der Waals surface area contributed by atoms with Crippen molar-refractivity contribution in [1.82, 2.24) is 9.21 Å². The van der Waals surface area contributed by atoms with Gasteiger partial charge in [0.2, 0.25) is 15.9 Å². The molecule has 156 valence electrons. The van der Waals surface area contributed by atoms with Crippen molar-refractivity contribution < 1.29 is 26.7 Å². The molecule has 10 heteroatoms. The highest BCUT2D eigenvalue weighted by Gasteiger charge is 2.29. The van der Waals surface area contributed by atoms with Gasteiger partial charge in [-0.2, -0.15) is 4.31 Å². The maximum Gasteiger partial charge on any atom is 0.243 e. The fraction of sp³-hybridized carbons (Fsp3) is 0.316. The van der Waals surface area contributed by atoms with Crippen molar-refractivity contribution in [3.63, 3.8) is 0 Å². The number of anilines is 1. The molecule has 29 heavy (non-hydrogen) atoms. The van der Waals surface area contributed by atoms with Crippen molar-refractivity contribution in [1.29, 1.82) is 0 Å². The molecular formula is C19H21F2N3O4S. The Balaban J connectivity index is 1.54. The van der Waals surface area contributed by atoms with E-state index in [-0.39, 0.29) is 30.2 Å². The molecule has 1 fully saturated rings. The number of halogens is 2. The van der Waals surface area contributed by atoms with Crippen molar-refractivity contribution in [2.45, 2.75) is 4.90 Å². The summed E-state index contributed by atoms with van der Waals surface area (Å²) in [6.07, 6.45) is 0. The van der Waals surface area contributed by atoms with Gasteiger partial charge in [0.25, 0.3) is 0 Å². The average molecular weight is 425 g/mol. The molecule has 2 aromatic carbocycles.